The van der Waals surface area contributed by atoms with Gasteiger partial charge in [-0.15, -0.1) is 0 Å². The lowest BCUT2D eigenvalue weighted by molar-refractivity contribution is -0.139. The third-order valence-corrected chi connectivity index (χ3v) is 2.88. The molecule has 1 atom stereocenters. The first-order chi connectivity index (χ1) is 8.69. The average molecular weight is 251 g/mol. The van der Waals surface area contributed by atoms with Crippen molar-refractivity contribution in [3.8, 4) is 5.75 Å². The molecule has 1 aromatic rings. The summed E-state index contributed by atoms with van der Waals surface area (Å²) >= 11 is 0. The normalized spacial score (nSPS) is 12.1. The van der Waals surface area contributed by atoms with Crippen LogP contribution in [0.1, 0.15) is 31.7 Å². The Hall–Kier alpha value is -1.55. The predicted octanol–water partition coefficient (Wildman–Crippen LogP) is 2.43. The van der Waals surface area contributed by atoms with Gasteiger partial charge >= 0.3 is 5.97 Å². The number of hydrogen-bond acceptors (Lipinski definition) is 3. The third kappa shape index (κ3) is 4.37. The quantitative estimate of drug-likeness (QED) is 0.745. The molecule has 0 amide bonds. The lowest BCUT2D eigenvalue weighted by atomic mass is 10.1. The van der Waals surface area contributed by atoms with E-state index in [0.29, 0.717) is 13.0 Å². The molecular weight excluding hydrogens is 230 g/mol. The van der Waals surface area contributed by atoms with E-state index in [1.54, 1.807) is 7.11 Å². The van der Waals surface area contributed by atoms with E-state index in [2.05, 4.69) is 12.2 Å². The van der Waals surface area contributed by atoms with E-state index in [1.807, 2.05) is 24.3 Å². The van der Waals surface area contributed by atoms with Crippen molar-refractivity contribution in [1.82, 2.24) is 5.32 Å². The molecule has 1 unspecified atom stereocenters. The van der Waals surface area contributed by atoms with Crippen LogP contribution in [0.4, 0.5) is 0 Å². The Morgan fingerprint density at radius 1 is 1.44 bits per heavy atom. The standard InChI is InChI=1S/C14H21NO3/c1-3-4-8-12(14(16)17)15-10-11-7-5-6-9-13(11)18-2/h5-7,9,12,15H,3-4,8,10H2,1-2H3,(H,16,17). The first-order valence-corrected chi connectivity index (χ1v) is 6.27. The summed E-state index contributed by atoms with van der Waals surface area (Å²) in [5, 5.41) is 12.2. The summed E-state index contributed by atoms with van der Waals surface area (Å²) in [7, 11) is 1.62. The van der Waals surface area contributed by atoms with Crippen molar-refractivity contribution in [3.05, 3.63) is 29.8 Å². The monoisotopic (exact) mass is 251 g/mol. The second kappa shape index (κ2) is 7.71. The zero-order valence-electron chi connectivity index (χ0n) is 11.0. The minimum atomic E-state index is -0.793. The highest BCUT2D eigenvalue weighted by Crippen LogP contribution is 2.17. The van der Waals surface area contributed by atoms with Crippen molar-refractivity contribution < 1.29 is 14.6 Å². The largest absolute Gasteiger partial charge is 0.496 e. The van der Waals surface area contributed by atoms with Gasteiger partial charge in [0.1, 0.15) is 11.8 Å². The molecule has 0 bridgehead atoms. The lowest BCUT2D eigenvalue weighted by Crippen LogP contribution is -2.36. The second-order valence-corrected chi connectivity index (χ2v) is 4.23. The topological polar surface area (TPSA) is 58.6 Å². The second-order valence-electron chi connectivity index (χ2n) is 4.23. The highest BCUT2D eigenvalue weighted by atomic mass is 16.5. The number of unbranched alkanes of at least 4 members (excludes halogenated alkanes) is 1. The summed E-state index contributed by atoms with van der Waals surface area (Å²) in [4.78, 5) is 11.1. The molecule has 1 aromatic carbocycles. The molecule has 0 heterocycles. The number of carbonyl (C=O) groups is 1. The molecule has 0 fully saturated rings. The Bertz CT molecular complexity index is 379. The van der Waals surface area contributed by atoms with Crippen molar-refractivity contribution in [2.24, 2.45) is 0 Å². The summed E-state index contributed by atoms with van der Waals surface area (Å²) in [6, 6.07) is 7.13. The number of hydrogen-bond donors (Lipinski definition) is 2. The number of nitrogens with one attached hydrogen (secondary N) is 1. The molecule has 18 heavy (non-hydrogen) atoms. The summed E-state index contributed by atoms with van der Waals surface area (Å²) < 4.78 is 5.23. The van der Waals surface area contributed by atoms with Gasteiger partial charge in [-0.05, 0) is 12.5 Å². The fourth-order valence-electron chi connectivity index (χ4n) is 1.80. The van der Waals surface area contributed by atoms with Gasteiger partial charge in [0, 0.05) is 12.1 Å². The van der Waals surface area contributed by atoms with Crippen LogP contribution in [0, 0.1) is 0 Å². The molecule has 0 spiro atoms. The number of methoxy groups -OCH3 is 1. The number of rotatable bonds is 8. The molecule has 100 valence electrons. The molecule has 4 heteroatoms. The predicted molar refractivity (Wildman–Crippen MR) is 70.8 cm³/mol. The van der Waals surface area contributed by atoms with Gasteiger partial charge in [-0.1, -0.05) is 38.0 Å². The van der Waals surface area contributed by atoms with Gasteiger partial charge < -0.3 is 15.2 Å². The van der Waals surface area contributed by atoms with Crippen LogP contribution in [0.5, 0.6) is 5.75 Å². The smallest absolute Gasteiger partial charge is 0.320 e. The van der Waals surface area contributed by atoms with Crippen LogP contribution in [-0.4, -0.2) is 24.2 Å². The molecule has 0 aromatic heterocycles. The maximum absolute atomic E-state index is 11.1. The zero-order valence-corrected chi connectivity index (χ0v) is 11.0. The maximum atomic E-state index is 11.1. The number of carboxylic acids is 1. The molecule has 0 aliphatic carbocycles. The first-order valence-electron chi connectivity index (χ1n) is 6.27. The van der Waals surface area contributed by atoms with E-state index < -0.39 is 12.0 Å². The van der Waals surface area contributed by atoms with Gasteiger partial charge in [0.2, 0.25) is 0 Å². The van der Waals surface area contributed by atoms with E-state index in [4.69, 9.17) is 9.84 Å². The van der Waals surface area contributed by atoms with E-state index in [-0.39, 0.29) is 0 Å². The van der Waals surface area contributed by atoms with Crippen LogP contribution in [0.25, 0.3) is 0 Å². The number of aliphatic carboxylic acids is 1. The highest BCUT2D eigenvalue weighted by Gasteiger charge is 2.16. The summed E-state index contributed by atoms with van der Waals surface area (Å²) in [5.74, 6) is -0.0111. The lowest BCUT2D eigenvalue weighted by Gasteiger charge is -2.15. The van der Waals surface area contributed by atoms with E-state index in [9.17, 15) is 4.79 Å². The average Bonchev–Trinajstić information content (AvgIpc) is 2.38. The van der Waals surface area contributed by atoms with Crippen LogP contribution in [0.2, 0.25) is 0 Å². The van der Waals surface area contributed by atoms with Gasteiger partial charge in [0.05, 0.1) is 7.11 Å². The van der Waals surface area contributed by atoms with Crippen LogP contribution in [0.15, 0.2) is 24.3 Å². The molecule has 0 saturated heterocycles. The number of para-hydroxylation sites is 1. The van der Waals surface area contributed by atoms with Crippen LogP contribution >= 0.6 is 0 Å². The van der Waals surface area contributed by atoms with Gasteiger partial charge in [-0.3, -0.25) is 4.79 Å². The van der Waals surface area contributed by atoms with Crippen molar-refractivity contribution in [1.29, 1.82) is 0 Å². The Balaban J connectivity index is 2.58. The molecule has 0 saturated carbocycles. The fraction of sp³-hybridized carbons (Fsp3) is 0.500. The van der Waals surface area contributed by atoms with Crippen LogP contribution in [-0.2, 0) is 11.3 Å². The van der Waals surface area contributed by atoms with Gasteiger partial charge in [-0.25, -0.2) is 0 Å². The van der Waals surface area contributed by atoms with Gasteiger partial charge in [0.25, 0.3) is 0 Å². The Morgan fingerprint density at radius 2 is 2.17 bits per heavy atom. The highest BCUT2D eigenvalue weighted by molar-refractivity contribution is 5.73. The minimum absolute atomic E-state index is 0.491. The molecule has 0 aliphatic heterocycles. The molecule has 1 rings (SSSR count). The van der Waals surface area contributed by atoms with Crippen molar-refractivity contribution in [2.75, 3.05) is 7.11 Å². The molecule has 4 nitrogen and oxygen atoms in total. The molecular formula is C14H21NO3. The van der Waals surface area contributed by atoms with E-state index >= 15 is 0 Å². The molecule has 0 radical (unpaired) electrons. The summed E-state index contributed by atoms with van der Waals surface area (Å²) in [5.41, 5.74) is 0.975. The molecule has 0 aliphatic rings. The number of ether oxygens (including phenoxy) is 1. The minimum Gasteiger partial charge on any atom is -0.496 e. The van der Waals surface area contributed by atoms with Crippen molar-refractivity contribution >= 4 is 5.97 Å². The van der Waals surface area contributed by atoms with Crippen LogP contribution in [0.3, 0.4) is 0 Å². The maximum Gasteiger partial charge on any atom is 0.320 e. The Labute approximate surface area is 108 Å². The SMILES string of the molecule is CCCCC(NCc1ccccc1OC)C(=O)O. The zero-order chi connectivity index (χ0) is 13.4. The Morgan fingerprint density at radius 3 is 2.78 bits per heavy atom. The van der Waals surface area contributed by atoms with Crippen molar-refractivity contribution in [3.63, 3.8) is 0 Å². The van der Waals surface area contributed by atoms with Crippen LogP contribution < -0.4 is 10.1 Å². The number of carboxylic acid groups (broad SMARTS) is 1. The summed E-state index contributed by atoms with van der Waals surface area (Å²) in [6.45, 7) is 2.56. The first kappa shape index (κ1) is 14.5. The fourth-order valence-corrected chi connectivity index (χ4v) is 1.80. The van der Waals surface area contributed by atoms with E-state index in [0.717, 1.165) is 24.2 Å². The van der Waals surface area contributed by atoms with E-state index in [1.165, 1.54) is 0 Å². The third-order valence-electron chi connectivity index (χ3n) is 2.88. The molecule has 2 N–H and O–H groups in total. The van der Waals surface area contributed by atoms with Gasteiger partial charge in [0.15, 0.2) is 0 Å². The Kier molecular flexibility index (Phi) is 6.22. The van der Waals surface area contributed by atoms with Crippen molar-refractivity contribution in [2.45, 2.75) is 38.8 Å². The van der Waals surface area contributed by atoms with Gasteiger partial charge in [-0.2, -0.15) is 0 Å². The number of benzene rings is 1. The summed E-state index contributed by atoms with van der Waals surface area (Å²) in [6.07, 6.45) is 2.57.